The molecule has 1 atom stereocenters. The van der Waals surface area contributed by atoms with Gasteiger partial charge in [-0.15, -0.1) is 0 Å². The summed E-state index contributed by atoms with van der Waals surface area (Å²) in [5.41, 5.74) is -0.330. The molecule has 0 aliphatic carbocycles. The molecule has 3 N–H and O–H groups in total. The second-order valence-corrected chi connectivity index (χ2v) is 7.05. The van der Waals surface area contributed by atoms with Gasteiger partial charge in [-0.25, -0.2) is 13.6 Å². The van der Waals surface area contributed by atoms with Crippen LogP contribution in [0, 0.1) is 6.92 Å². The van der Waals surface area contributed by atoms with Crippen molar-refractivity contribution < 1.29 is 17.9 Å². The highest BCUT2D eigenvalue weighted by Crippen LogP contribution is 2.26. The fourth-order valence-electron chi connectivity index (χ4n) is 2.61. The number of carbonyl (C=O) groups excluding carboxylic acids is 1. The van der Waals surface area contributed by atoms with E-state index in [1.165, 1.54) is 6.92 Å². The van der Waals surface area contributed by atoms with Gasteiger partial charge in [-0.05, 0) is 26.7 Å². The number of nitrogens with zero attached hydrogens (tertiary/aromatic N) is 2. The van der Waals surface area contributed by atoms with E-state index in [2.05, 4.69) is 10.2 Å². The van der Waals surface area contributed by atoms with E-state index in [4.69, 9.17) is 9.88 Å². The molecule has 0 radical (unpaired) electrons. The standard InChI is InChI=1S/C12H20N4O4S/c1-8-10(21(13,18)19)9(15-14-8)11(17)16-6-4-5-12(2,7-16)20-3/h4-7H2,1-3H3,(H,14,15)(H2,13,18,19). The number of rotatable bonds is 3. The van der Waals surface area contributed by atoms with E-state index < -0.39 is 21.5 Å². The molecule has 1 aromatic heterocycles. The SMILES string of the molecule is COC1(C)CCCN(C(=O)c2n[nH]c(C)c2S(N)(=O)=O)C1. The minimum Gasteiger partial charge on any atom is -0.377 e. The number of nitrogens with one attached hydrogen (secondary N) is 1. The first kappa shape index (κ1) is 15.9. The molecule has 118 valence electrons. The molecule has 2 rings (SSSR count). The van der Waals surface area contributed by atoms with Crippen LogP contribution in [0.5, 0.6) is 0 Å². The smallest absolute Gasteiger partial charge is 0.275 e. The summed E-state index contributed by atoms with van der Waals surface area (Å²) < 4.78 is 28.7. The van der Waals surface area contributed by atoms with Crippen LogP contribution in [0.4, 0.5) is 0 Å². The monoisotopic (exact) mass is 316 g/mol. The van der Waals surface area contributed by atoms with Crippen LogP contribution in [0.1, 0.15) is 35.9 Å². The summed E-state index contributed by atoms with van der Waals surface area (Å²) in [6, 6.07) is 0. The van der Waals surface area contributed by atoms with Crippen molar-refractivity contribution in [2.45, 2.75) is 37.2 Å². The molecule has 1 fully saturated rings. The van der Waals surface area contributed by atoms with E-state index in [0.717, 1.165) is 12.8 Å². The summed E-state index contributed by atoms with van der Waals surface area (Å²) in [5, 5.41) is 11.5. The second kappa shape index (κ2) is 5.39. The van der Waals surface area contributed by atoms with Gasteiger partial charge in [0.25, 0.3) is 5.91 Å². The van der Waals surface area contributed by atoms with Crippen molar-refractivity contribution >= 4 is 15.9 Å². The van der Waals surface area contributed by atoms with E-state index in [-0.39, 0.29) is 16.3 Å². The van der Waals surface area contributed by atoms with Crippen molar-refractivity contribution in [3.05, 3.63) is 11.4 Å². The number of primary sulfonamides is 1. The van der Waals surface area contributed by atoms with Crippen molar-refractivity contribution in [2.24, 2.45) is 5.14 Å². The number of piperidine rings is 1. The van der Waals surface area contributed by atoms with E-state index in [1.807, 2.05) is 6.92 Å². The zero-order valence-electron chi connectivity index (χ0n) is 12.3. The first-order valence-electron chi connectivity index (χ1n) is 6.60. The average molecular weight is 316 g/mol. The van der Waals surface area contributed by atoms with Crippen molar-refractivity contribution in [1.29, 1.82) is 0 Å². The average Bonchev–Trinajstić information content (AvgIpc) is 2.80. The Morgan fingerprint density at radius 1 is 1.52 bits per heavy atom. The molecule has 21 heavy (non-hydrogen) atoms. The van der Waals surface area contributed by atoms with Crippen LogP contribution in [0.15, 0.2) is 4.90 Å². The minimum absolute atomic E-state index is 0.157. The Balaban J connectivity index is 2.34. The Kier molecular flexibility index (Phi) is 4.09. The minimum atomic E-state index is -4.01. The number of methoxy groups -OCH3 is 1. The molecule has 0 aromatic carbocycles. The lowest BCUT2D eigenvalue weighted by Gasteiger charge is -2.39. The topological polar surface area (TPSA) is 118 Å². The number of hydrogen-bond acceptors (Lipinski definition) is 5. The van der Waals surface area contributed by atoms with Gasteiger partial charge < -0.3 is 9.64 Å². The molecule has 0 bridgehead atoms. The summed E-state index contributed by atoms with van der Waals surface area (Å²) in [5.74, 6) is -0.452. The highest BCUT2D eigenvalue weighted by molar-refractivity contribution is 7.89. The third-order valence-electron chi connectivity index (χ3n) is 3.82. The van der Waals surface area contributed by atoms with Gasteiger partial charge in [-0.3, -0.25) is 9.89 Å². The molecule has 1 saturated heterocycles. The largest absolute Gasteiger partial charge is 0.377 e. The zero-order valence-corrected chi connectivity index (χ0v) is 13.2. The lowest BCUT2D eigenvalue weighted by atomic mass is 9.94. The van der Waals surface area contributed by atoms with Crippen molar-refractivity contribution in [1.82, 2.24) is 15.1 Å². The van der Waals surface area contributed by atoms with Crippen molar-refractivity contribution in [3.63, 3.8) is 0 Å². The summed E-state index contributed by atoms with van der Waals surface area (Å²) in [7, 11) is -2.41. The van der Waals surface area contributed by atoms with Gasteiger partial charge in [0.1, 0.15) is 4.90 Å². The summed E-state index contributed by atoms with van der Waals surface area (Å²) >= 11 is 0. The molecule has 0 spiro atoms. The van der Waals surface area contributed by atoms with Gasteiger partial charge in [-0.2, -0.15) is 5.10 Å². The van der Waals surface area contributed by atoms with Gasteiger partial charge in [-0.1, -0.05) is 0 Å². The number of likely N-dealkylation sites (tertiary alicyclic amines) is 1. The van der Waals surface area contributed by atoms with Crippen LogP contribution < -0.4 is 5.14 Å². The number of ether oxygens (including phenoxy) is 1. The third-order valence-corrected chi connectivity index (χ3v) is 4.89. The number of aryl methyl sites for hydroxylation is 1. The number of H-pyrrole nitrogens is 1. The summed E-state index contributed by atoms with van der Waals surface area (Å²) in [4.78, 5) is 13.9. The molecule has 8 nitrogen and oxygen atoms in total. The molecule has 1 aromatic rings. The Morgan fingerprint density at radius 2 is 2.19 bits per heavy atom. The molecular weight excluding hydrogens is 296 g/mol. The highest BCUT2D eigenvalue weighted by Gasteiger charge is 2.36. The maximum Gasteiger partial charge on any atom is 0.275 e. The third kappa shape index (κ3) is 3.09. The predicted octanol–water partition coefficient (Wildman–Crippen LogP) is 0.00662. The van der Waals surface area contributed by atoms with Crippen LogP contribution in [-0.4, -0.2) is 55.2 Å². The van der Waals surface area contributed by atoms with Crippen LogP contribution in [-0.2, 0) is 14.8 Å². The number of sulfonamides is 1. The van der Waals surface area contributed by atoms with Gasteiger partial charge >= 0.3 is 0 Å². The maximum atomic E-state index is 12.6. The Morgan fingerprint density at radius 3 is 2.76 bits per heavy atom. The van der Waals surface area contributed by atoms with Crippen molar-refractivity contribution in [2.75, 3.05) is 20.2 Å². The molecule has 1 unspecified atom stereocenters. The fraction of sp³-hybridized carbons (Fsp3) is 0.667. The number of aromatic amines is 1. The zero-order chi connectivity index (χ0) is 15.8. The van der Waals surface area contributed by atoms with E-state index >= 15 is 0 Å². The second-order valence-electron chi connectivity index (χ2n) is 5.56. The quantitative estimate of drug-likeness (QED) is 0.814. The van der Waals surface area contributed by atoms with Crippen LogP contribution in [0.25, 0.3) is 0 Å². The normalized spacial score (nSPS) is 23.3. The summed E-state index contributed by atoms with van der Waals surface area (Å²) in [6.07, 6.45) is 1.62. The van der Waals surface area contributed by atoms with E-state index in [1.54, 1.807) is 12.0 Å². The Labute approximate surface area is 123 Å². The molecule has 1 aliphatic rings. The maximum absolute atomic E-state index is 12.6. The first-order chi connectivity index (χ1) is 9.68. The molecule has 1 amide bonds. The number of hydrogen-bond donors (Lipinski definition) is 2. The molecule has 9 heteroatoms. The molecule has 2 heterocycles. The number of nitrogens with two attached hydrogens (primary N) is 1. The molecule has 0 saturated carbocycles. The Hall–Kier alpha value is -1.45. The molecular formula is C12H20N4O4S. The van der Waals surface area contributed by atoms with E-state index in [9.17, 15) is 13.2 Å². The van der Waals surface area contributed by atoms with Gasteiger partial charge in [0.15, 0.2) is 5.69 Å². The Bertz CT molecular complexity index is 654. The number of carbonyl (C=O) groups is 1. The molecule has 1 aliphatic heterocycles. The first-order valence-corrected chi connectivity index (χ1v) is 8.15. The van der Waals surface area contributed by atoms with Gasteiger partial charge in [0.2, 0.25) is 10.0 Å². The van der Waals surface area contributed by atoms with Crippen LogP contribution in [0.3, 0.4) is 0 Å². The van der Waals surface area contributed by atoms with E-state index in [0.29, 0.717) is 13.1 Å². The fourth-order valence-corrected chi connectivity index (χ4v) is 3.48. The summed E-state index contributed by atoms with van der Waals surface area (Å²) in [6.45, 7) is 4.36. The predicted molar refractivity (Wildman–Crippen MR) is 75.2 cm³/mol. The number of amides is 1. The van der Waals surface area contributed by atoms with Crippen molar-refractivity contribution in [3.8, 4) is 0 Å². The van der Waals surface area contributed by atoms with Gasteiger partial charge in [0, 0.05) is 20.2 Å². The van der Waals surface area contributed by atoms with Crippen LogP contribution >= 0.6 is 0 Å². The van der Waals surface area contributed by atoms with Gasteiger partial charge in [0.05, 0.1) is 11.3 Å². The lowest BCUT2D eigenvalue weighted by Crippen LogP contribution is -2.50. The van der Waals surface area contributed by atoms with Crippen LogP contribution in [0.2, 0.25) is 0 Å². The highest BCUT2D eigenvalue weighted by atomic mass is 32.2. The lowest BCUT2D eigenvalue weighted by molar-refractivity contribution is -0.0442. The number of aromatic nitrogens is 2.